The molecule has 5 heteroatoms. The zero-order valence-electron chi connectivity index (χ0n) is 25.4. The van der Waals surface area contributed by atoms with Crippen molar-refractivity contribution in [3.05, 3.63) is 150 Å². The van der Waals surface area contributed by atoms with Crippen LogP contribution in [-0.2, 0) is 5.79 Å². The van der Waals surface area contributed by atoms with E-state index < -0.39 is 5.79 Å². The Labute approximate surface area is 265 Å². The van der Waals surface area contributed by atoms with Gasteiger partial charge in [-0.25, -0.2) is 4.57 Å². The summed E-state index contributed by atoms with van der Waals surface area (Å²) in [6, 6.07) is 43.8. The quantitative estimate of drug-likeness (QED) is 0.186. The monoisotopic (exact) mass is 592 g/mol. The number of benzene rings is 4. The third kappa shape index (κ3) is 2.70. The molecule has 216 valence electrons. The summed E-state index contributed by atoms with van der Waals surface area (Å²) in [6.07, 6.45) is 4.61. The van der Waals surface area contributed by atoms with Crippen molar-refractivity contribution in [3.63, 3.8) is 0 Å². The van der Waals surface area contributed by atoms with Crippen LogP contribution >= 0.6 is 0 Å². The largest absolute Gasteiger partial charge is 0.437 e. The first-order valence-electron chi connectivity index (χ1n) is 15.9. The third-order valence-corrected chi connectivity index (χ3v) is 10.4. The van der Waals surface area contributed by atoms with Gasteiger partial charge in [-0.1, -0.05) is 65.2 Å². The van der Waals surface area contributed by atoms with Crippen LogP contribution in [0.3, 0.4) is 0 Å². The first-order valence-corrected chi connectivity index (χ1v) is 15.9. The Bertz CT molecular complexity index is 2620. The van der Waals surface area contributed by atoms with E-state index in [1.165, 1.54) is 60.9 Å². The zero-order valence-corrected chi connectivity index (χ0v) is 25.4. The minimum absolute atomic E-state index is 0.723. The molecule has 3 aliphatic rings. The molecule has 11 rings (SSSR count). The highest BCUT2D eigenvalue weighted by Gasteiger charge is 2.68. The summed E-state index contributed by atoms with van der Waals surface area (Å²) in [4.78, 5) is 0. The lowest BCUT2D eigenvalue weighted by atomic mass is 9.92. The molecule has 4 aromatic heterocycles. The molecule has 0 N–H and O–H groups in total. The van der Waals surface area contributed by atoms with Crippen LogP contribution in [0.25, 0.3) is 61.3 Å². The Morgan fingerprint density at radius 1 is 0.674 bits per heavy atom. The van der Waals surface area contributed by atoms with Gasteiger partial charge < -0.3 is 4.74 Å². The first kappa shape index (κ1) is 24.4. The highest BCUT2D eigenvalue weighted by molar-refractivity contribution is 6.11. The van der Waals surface area contributed by atoms with Gasteiger partial charge in [-0.15, -0.1) is 4.57 Å². The maximum atomic E-state index is 6.77. The Morgan fingerprint density at radius 3 is 2.35 bits per heavy atom. The van der Waals surface area contributed by atoms with Crippen LogP contribution in [0.15, 0.2) is 134 Å². The number of hydrogen-bond acceptors (Lipinski definition) is 1. The average molecular weight is 593 g/mol. The van der Waals surface area contributed by atoms with Crippen molar-refractivity contribution in [2.75, 3.05) is 0 Å². The zero-order chi connectivity index (χ0) is 30.3. The van der Waals surface area contributed by atoms with Crippen molar-refractivity contribution in [1.82, 2.24) is 9.13 Å². The van der Waals surface area contributed by atoms with Crippen LogP contribution in [0.5, 0.6) is 11.6 Å². The van der Waals surface area contributed by atoms with Gasteiger partial charge in [0, 0.05) is 34.7 Å². The molecule has 1 unspecified atom stereocenters. The van der Waals surface area contributed by atoms with E-state index in [0.29, 0.717) is 0 Å². The van der Waals surface area contributed by atoms with Crippen LogP contribution in [-0.4, -0.2) is 9.13 Å². The summed E-state index contributed by atoms with van der Waals surface area (Å²) in [5.41, 5.74) is 13.4. The van der Waals surface area contributed by atoms with Crippen molar-refractivity contribution in [1.29, 1.82) is 0 Å². The fourth-order valence-electron chi connectivity index (χ4n) is 8.72. The first-order chi connectivity index (χ1) is 22.6. The van der Waals surface area contributed by atoms with E-state index in [9.17, 15) is 0 Å². The van der Waals surface area contributed by atoms with E-state index in [4.69, 9.17) is 4.74 Å². The van der Waals surface area contributed by atoms with Gasteiger partial charge in [0.15, 0.2) is 16.8 Å². The van der Waals surface area contributed by atoms with Gasteiger partial charge in [0.05, 0.1) is 6.07 Å². The third-order valence-electron chi connectivity index (χ3n) is 10.4. The Hall–Kier alpha value is -5.94. The second-order valence-corrected chi connectivity index (χ2v) is 12.8. The molecule has 0 bridgehead atoms. The number of aryl methyl sites for hydroxylation is 2. The molecule has 46 heavy (non-hydrogen) atoms. The number of rotatable bonds is 2. The molecule has 0 fully saturated rings. The lowest BCUT2D eigenvalue weighted by Gasteiger charge is -2.33. The number of fused-ring (bicyclic) bond motifs is 7. The van der Waals surface area contributed by atoms with E-state index in [0.717, 1.165) is 28.7 Å². The molecular formula is C41H28N4O+2. The van der Waals surface area contributed by atoms with Gasteiger partial charge in [-0.2, -0.15) is 4.57 Å². The summed E-state index contributed by atoms with van der Waals surface area (Å²) in [6.45, 7) is 4.49. The molecule has 0 aliphatic carbocycles. The van der Waals surface area contributed by atoms with Crippen molar-refractivity contribution >= 4 is 21.8 Å². The highest BCUT2D eigenvalue weighted by atomic mass is 16.5. The maximum Gasteiger partial charge on any atom is 0.437 e. The Morgan fingerprint density at radius 2 is 1.48 bits per heavy atom. The van der Waals surface area contributed by atoms with Gasteiger partial charge in [0.2, 0.25) is 5.69 Å². The Balaban J connectivity index is 1.26. The number of para-hydroxylation sites is 1. The highest BCUT2D eigenvalue weighted by Crippen LogP contribution is 2.52. The molecule has 1 atom stereocenters. The fraction of sp³-hybridized carbons (Fsp3) is 0.0732. The fourth-order valence-corrected chi connectivity index (χ4v) is 8.72. The molecule has 0 radical (unpaired) electrons. The van der Waals surface area contributed by atoms with Crippen LogP contribution in [0.1, 0.15) is 16.7 Å². The molecule has 8 aromatic rings. The van der Waals surface area contributed by atoms with Gasteiger partial charge in [0.1, 0.15) is 17.4 Å². The van der Waals surface area contributed by atoms with Crippen LogP contribution < -0.4 is 13.9 Å². The number of ether oxygens (including phenoxy) is 1. The minimum Gasteiger partial charge on any atom is -0.404 e. The second kappa shape index (κ2) is 8.20. The minimum atomic E-state index is -0.723. The van der Waals surface area contributed by atoms with Crippen molar-refractivity contribution in [2.45, 2.75) is 19.6 Å². The topological polar surface area (TPSA) is 26.8 Å². The molecule has 1 spiro atoms. The van der Waals surface area contributed by atoms with E-state index >= 15 is 0 Å². The number of pyridine rings is 2. The van der Waals surface area contributed by atoms with Crippen LogP contribution in [0, 0.1) is 13.8 Å². The molecule has 3 aliphatic heterocycles. The molecule has 0 amide bonds. The number of aromatic nitrogens is 4. The predicted octanol–water partition coefficient (Wildman–Crippen LogP) is 8.27. The van der Waals surface area contributed by atoms with E-state index in [1.807, 2.05) is 0 Å². The van der Waals surface area contributed by atoms with E-state index in [-0.39, 0.29) is 0 Å². The lowest BCUT2D eigenvalue weighted by Crippen LogP contribution is -2.78. The average Bonchev–Trinajstić information content (AvgIpc) is 3.75. The van der Waals surface area contributed by atoms with Gasteiger partial charge >= 0.3 is 11.7 Å². The number of hydrogen-bond donors (Lipinski definition) is 0. The molecular weight excluding hydrogens is 564 g/mol. The SMILES string of the molecule is Cc1cc(-c2ccccc2)cc(C)c1-c1cc2n(c1)C13c4c(ccc5c6ccccc6n(c45)-c4cccc[n+]41)Oc1cccc-2[n+]13. The molecule has 0 saturated heterocycles. The van der Waals surface area contributed by atoms with Crippen LogP contribution in [0.2, 0.25) is 0 Å². The summed E-state index contributed by atoms with van der Waals surface area (Å²) >= 11 is 0. The Kier molecular flexibility index (Phi) is 4.35. The molecule has 5 nitrogen and oxygen atoms in total. The summed E-state index contributed by atoms with van der Waals surface area (Å²) in [5, 5.41) is 2.48. The molecule has 7 heterocycles. The summed E-state index contributed by atoms with van der Waals surface area (Å²) < 4.78 is 16.5. The smallest absolute Gasteiger partial charge is 0.404 e. The number of nitrogens with zero attached hydrogens (tertiary/aromatic N) is 4. The van der Waals surface area contributed by atoms with Crippen molar-refractivity contribution < 1.29 is 13.9 Å². The molecule has 4 aromatic carbocycles. The normalized spacial score (nSPS) is 16.3. The van der Waals surface area contributed by atoms with Gasteiger partial charge in [-0.05, 0) is 84.1 Å². The van der Waals surface area contributed by atoms with Gasteiger partial charge in [0.25, 0.3) is 5.82 Å². The van der Waals surface area contributed by atoms with E-state index in [2.05, 4.69) is 166 Å². The van der Waals surface area contributed by atoms with E-state index in [1.54, 1.807) is 0 Å². The maximum absolute atomic E-state index is 6.77. The van der Waals surface area contributed by atoms with Crippen molar-refractivity contribution in [3.8, 4) is 51.1 Å². The predicted molar refractivity (Wildman–Crippen MR) is 179 cm³/mol. The summed E-state index contributed by atoms with van der Waals surface area (Å²) in [7, 11) is 0. The lowest BCUT2D eigenvalue weighted by molar-refractivity contribution is -0.979. The standard InChI is InChI=1S/C41H28N4O/c1-25-21-28(27-11-4-3-5-12-27)22-26(2)38(25)29-23-34-33-15-10-17-37-45(33)41(43(34)24-29)39-35(46-37)19-18-31-30-13-6-7-14-32(30)44(40(31)39)36-16-8-9-20-42(36)41/h3-24H,1-2H3/q+2. The van der Waals surface area contributed by atoms with Crippen LogP contribution in [0.4, 0.5) is 0 Å². The summed E-state index contributed by atoms with van der Waals surface area (Å²) in [5.74, 6) is 2.12. The second-order valence-electron chi connectivity index (χ2n) is 12.8. The molecule has 0 saturated carbocycles. The van der Waals surface area contributed by atoms with Gasteiger partial charge in [-0.3, -0.25) is 0 Å². The van der Waals surface area contributed by atoms with Crippen molar-refractivity contribution in [2.24, 2.45) is 0 Å².